The second kappa shape index (κ2) is 7.87. The Bertz CT molecular complexity index is 991. The second-order valence-electron chi connectivity index (χ2n) is 5.95. The zero-order valence-corrected chi connectivity index (χ0v) is 14.9. The third-order valence-corrected chi connectivity index (χ3v) is 4.21. The molecular weight excluding hydrogens is 330 g/mol. The van der Waals surface area contributed by atoms with Crippen molar-refractivity contribution >= 4 is 16.7 Å². The van der Waals surface area contributed by atoms with Crippen LogP contribution in [0.4, 0.5) is 0 Å². The molecule has 0 saturated heterocycles. The summed E-state index contributed by atoms with van der Waals surface area (Å²) in [4.78, 5) is 25.5. The molecule has 1 heterocycles. The lowest BCUT2D eigenvalue weighted by molar-refractivity contribution is 0.0501. The Labute approximate surface area is 151 Å². The highest BCUT2D eigenvalue weighted by Crippen LogP contribution is 2.21. The molecular formula is C21H21NO4. The number of esters is 1. The van der Waals surface area contributed by atoms with E-state index in [1.54, 1.807) is 61.8 Å². The van der Waals surface area contributed by atoms with E-state index in [1.165, 1.54) is 4.57 Å². The van der Waals surface area contributed by atoms with Crippen LogP contribution in [0.1, 0.15) is 30.1 Å². The molecule has 0 atom stereocenters. The minimum absolute atomic E-state index is 0.195. The molecule has 2 aromatic carbocycles. The summed E-state index contributed by atoms with van der Waals surface area (Å²) in [5, 5.41) is 1.07. The number of rotatable bonds is 6. The van der Waals surface area contributed by atoms with Gasteiger partial charge in [0.2, 0.25) is 0 Å². The fourth-order valence-corrected chi connectivity index (χ4v) is 2.79. The van der Waals surface area contributed by atoms with Crippen LogP contribution in [-0.2, 0) is 4.74 Å². The van der Waals surface area contributed by atoms with E-state index in [0.717, 1.165) is 12.8 Å². The summed E-state index contributed by atoms with van der Waals surface area (Å²) in [5.41, 5.74) is 0.806. The number of hydrogen-bond acceptors (Lipinski definition) is 4. The summed E-state index contributed by atoms with van der Waals surface area (Å²) in [5.74, 6) is 0.209. The predicted molar refractivity (Wildman–Crippen MR) is 101 cm³/mol. The molecule has 0 amide bonds. The van der Waals surface area contributed by atoms with E-state index in [-0.39, 0.29) is 5.56 Å². The predicted octanol–water partition coefficient (Wildman–Crippen LogP) is 3.96. The lowest BCUT2D eigenvalue weighted by Crippen LogP contribution is -2.21. The highest BCUT2D eigenvalue weighted by Gasteiger charge is 2.16. The molecule has 134 valence electrons. The normalized spacial score (nSPS) is 10.7. The maximum Gasteiger partial charge on any atom is 0.340 e. The molecule has 1 aromatic heterocycles. The van der Waals surface area contributed by atoms with Crippen LogP contribution in [0.25, 0.3) is 16.5 Å². The van der Waals surface area contributed by atoms with Crippen LogP contribution in [0.2, 0.25) is 0 Å². The number of aromatic nitrogens is 1. The van der Waals surface area contributed by atoms with Gasteiger partial charge in [0.15, 0.2) is 0 Å². The molecule has 0 aliphatic rings. The molecule has 0 aliphatic heterocycles. The average Bonchev–Trinajstić information content (AvgIpc) is 2.68. The van der Waals surface area contributed by atoms with Gasteiger partial charge in [-0.2, -0.15) is 0 Å². The third-order valence-electron chi connectivity index (χ3n) is 4.21. The molecule has 0 aliphatic carbocycles. The molecule has 0 radical (unpaired) electrons. The molecule has 3 aromatic rings. The monoisotopic (exact) mass is 351 g/mol. The molecule has 5 nitrogen and oxygen atoms in total. The van der Waals surface area contributed by atoms with Crippen molar-refractivity contribution in [3.63, 3.8) is 0 Å². The van der Waals surface area contributed by atoms with E-state index in [1.807, 2.05) is 6.92 Å². The van der Waals surface area contributed by atoms with Crippen molar-refractivity contribution in [1.82, 2.24) is 4.57 Å². The van der Waals surface area contributed by atoms with Crippen LogP contribution in [0, 0.1) is 0 Å². The smallest absolute Gasteiger partial charge is 0.340 e. The van der Waals surface area contributed by atoms with Gasteiger partial charge in [0, 0.05) is 23.0 Å². The van der Waals surface area contributed by atoms with Crippen molar-refractivity contribution in [3.8, 4) is 11.4 Å². The Kier molecular flexibility index (Phi) is 5.37. The van der Waals surface area contributed by atoms with Crippen molar-refractivity contribution in [2.75, 3.05) is 13.7 Å². The van der Waals surface area contributed by atoms with Gasteiger partial charge < -0.3 is 9.47 Å². The number of carbonyl (C=O) groups is 1. The highest BCUT2D eigenvalue weighted by atomic mass is 16.5. The Morgan fingerprint density at radius 2 is 1.85 bits per heavy atom. The van der Waals surface area contributed by atoms with Gasteiger partial charge in [-0.1, -0.05) is 37.6 Å². The van der Waals surface area contributed by atoms with Crippen molar-refractivity contribution < 1.29 is 14.3 Å². The van der Waals surface area contributed by atoms with Crippen molar-refractivity contribution in [2.45, 2.75) is 19.8 Å². The van der Waals surface area contributed by atoms with Crippen LogP contribution < -0.4 is 10.3 Å². The summed E-state index contributed by atoms with van der Waals surface area (Å²) in [6.07, 6.45) is 3.30. The van der Waals surface area contributed by atoms with E-state index in [0.29, 0.717) is 34.4 Å². The van der Waals surface area contributed by atoms with E-state index in [4.69, 9.17) is 9.47 Å². The van der Waals surface area contributed by atoms with E-state index in [2.05, 4.69) is 0 Å². The van der Waals surface area contributed by atoms with Crippen LogP contribution >= 0.6 is 0 Å². The SMILES string of the molecule is CCCCOC(=O)c1cn(-c2cccc(OC)c2)c(=O)c2ccccc12. The number of nitrogens with zero attached hydrogens (tertiary/aromatic N) is 1. The van der Waals surface area contributed by atoms with Gasteiger partial charge in [0.25, 0.3) is 5.56 Å². The third kappa shape index (κ3) is 3.47. The lowest BCUT2D eigenvalue weighted by atomic mass is 10.1. The first kappa shape index (κ1) is 17.7. The zero-order chi connectivity index (χ0) is 18.5. The van der Waals surface area contributed by atoms with Crippen LogP contribution in [0.3, 0.4) is 0 Å². The molecule has 0 spiro atoms. The first-order chi connectivity index (χ1) is 12.7. The van der Waals surface area contributed by atoms with Crippen molar-refractivity contribution in [2.24, 2.45) is 0 Å². The number of carbonyl (C=O) groups excluding carboxylic acids is 1. The summed E-state index contributed by atoms with van der Waals surface area (Å²) in [7, 11) is 1.57. The summed E-state index contributed by atoms with van der Waals surface area (Å²) < 4.78 is 12.1. The minimum Gasteiger partial charge on any atom is -0.497 e. The van der Waals surface area contributed by atoms with Crippen molar-refractivity contribution in [3.05, 3.63) is 70.6 Å². The number of fused-ring (bicyclic) bond motifs is 1. The van der Waals surface area contributed by atoms with E-state index in [9.17, 15) is 9.59 Å². The Balaban J connectivity index is 2.16. The van der Waals surface area contributed by atoms with Gasteiger partial charge in [-0.15, -0.1) is 0 Å². The standard InChI is InChI=1S/C21H21NO4/c1-3-4-12-26-21(24)19-14-22(15-8-7-9-16(13-15)25-2)20(23)18-11-6-5-10-17(18)19/h5-11,13-14H,3-4,12H2,1-2H3. The molecule has 0 bridgehead atoms. The van der Waals surface area contributed by atoms with Gasteiger partial charge in [-0.05, 0) is 24.6 Å². The minimum atomic E-state index is -0.425. The number of hydrogen-bond donors (Lipinski definition) is 0. The van der Waals surface area contributed by atoms with Crippen molar-refractivity contribution in [1.29, 1.82) is 0 Å². The summed E-state index contributed by atoms with van der Waals surface area (Å²) in [6.45, 7) is 2.40. The number of unbranched alkanes of at least 4 members (excludes halogenated alkanes) is 1. The van der Waals surface area contributed by atoms with Gasteiger partial charge in [-0.3, -0.25) is 9.36 Å². The number of ether oxygens (including phenoxy) is 2. The van der Waals surface area contributed by atoms with Gasteiger partial charge in [-0.25, -0.2) is 4.79 Å². The zero-order valence-electron chi connectivity index (χ0n) is 14.9. The first-order valence-electron chi connectivity index (χ1n) is 8.61. The van der Waals surface area contributed by atoms with E-state index >= 15 is 0 Å². The van der Waals surface area contributed by atoms with Crippen LogP contribution in [0.5, 0.6) is 5.75 Å². The Morgan fingerprint density at radius 3 is 2.58 bits per heavy atom. The first-order valence-corrected chi connectivity index (χ1v) is 8.61. The maximum absolute atomic E-state index is 12.9. The largest absolute Gasteiger partial charge is 0.497 e. The Hall–Kier alpha value is -3.08. The molecule has 5 heteroatoms. The molecule has 0 N–H and O–H groups in total. The van der Waals surface area contributed by atoms with Crippen LogP contribution in [0.15, 0.2) is 59.5 Å². The molecule has 0 fully saturated rings. The quantitative estimate of drug-likeness (QED) is 0.498. The fraction of sp³-hybridized carbons (Fsp3) is 0.238. The topological polar surface area (TPSA) is 57.5 Å². The fourth-order valence-electron chi connectivity index (χ4n) is 2.79. The van der Waals surface area contributed by atoms with Gasteiger partial charge >= 0.3 is 5.97 Å². The summed E-state index contributed by atoms with van der Waals surface area (Å²) in [6, 6.07) is 14.2. The van der Waals surface area contributed by atoms with Gasteiger partial charge in [0.05, 0.1) is 25.0 Å². The maximum atomic E-state index is 12.9. The lowest BCUT2D eigenvalue weighted by Gasteiger charge is -2.13. The van der Waals surface area contributed by atoms with Gasteiger partial charge in [0.1, 0.15) is 5.75 Å². The number of pyridine rings is 1. The molecule has 0 saturated carbocycles. The van der Waals surface area contributed by atoms with E-state index < -0.39 is 5.97 Å². The average molecular weight is 351 g/mol. The number of benzene rings is 2. The molecule has 3 rings (SSSR count). The molecule has 26 heavy (non-hydrogen) atoms. The Morgan fingerprint density at radius 1 is 1.08 bits per heavy atom. The molecule has 0 unspecified atom stereocenters. The van der Waals surface area contributed by atoms with Crippen LogP contribution in [-0.4, -0.2) is 24.3 Å². The number of methoxy groups -OCH3 is 1. The summed E-state index contributed by atoms with van der Waals surface area (Å²) >= 11 is 0. The second-order valence-corrected chi connectivity index (χ2v) is 5.95. The highest BCUT2D eigenvalue weighted by molar-refractivity contribution is 6.04.